The van der Waals surface area contributed by atoms with Crippen LogP contribution in [-0.2, 0) is 4.79 Å². The molecule has 1 amide bonds. The maximum atomic E-state index is 11.6. The van der Waals surface area contributed by atoms with E-state index < -0.39 is 6.04 Å². The quantitative estimate of drug-likeness (QED) is 0.498. The summed E-state index contributed by atoms with van der Waals surface area (Å²) in [6.07, 6.45) is 5.62. The van der Waals surface area contributed by atoms with E-state index in [-0.39, 0.29) is 5.91 Å². The van der Waals surface area contributed by atoms with Crippen molar-refractivity contribution in [1.29, 1.82) is 0 Å². The van der Waals surface area contributed by atoms with Gasteiger partial charge in [-0.2, -0.15) is 0 Å². The number of rotatable bonds is 7. The van der Waals surface area contributed by atoms with E-state index >= 15 is 0 Å². The molecule has 0 fully saturated rings. The third kappa shape index (κ3) is 5.02. The monoisotopic (exact) mass is 198 g/mol. The molecule has 0 aliphatic carbocycles. The van der Waals surface area contributed by atoms with Gasteiger partial charge in [-0.1, -0.05) is 25.8 Å². The average molecular weight is 198 g/mol. The second-order valence-corrected chi connectivity index (χ2v) is 3.60. The molecule has 2 N–H and O–H groups in total. The van der Waals surface area contributed by atoms with Crippen LogP contribution < -0.4 is 5.73 Å². The Morgan fingerprint density at radius 3 is 2.71 bits per heavy atom. The molecule has 0 aromatic rings. The standard InChI is InChI=1S/C11H22N2O/c1-4-6-7-9-13(3)11(14)10(12)8-5-2/h5,10H,2,4,6-9,12H2,1,3H3. The van der Waals surface area contributed by atoms with Gasteiger partial charge in [-0.05, 0) is 12.8 Å². The summed E-state index contributed by atoms with van der Waals surface area (Å²) in [5.41, 5.74) is 5.67. The Labute approximate surface area is 87.0 Å². The van der Waals surface area contributed by atoms with Gasteiger partial charge in [-0.25, -0.2) is 0 Å². The molecular weight excluding hydrogens is 176 g/mol. The number of unbranched alkanes of at least 4 members (excludes halogenated alkanes) is 2. The number of nitrogens with two attached hydrogens (primary N) is 1. The first-order valence-corrected chi connectivity index (χ1v) is 5.25. The predicted molar refractivity (Wildman–Crippen MR) is 60.0 cm³/mol. The molecule has 0 heterocycles. The molecular formula is C11H22N2O. The third-order valence-electron chi connectivity index (χ3n) is 2.21. The fourth-order valence-electron chi connectivity index (χ4n) is 1.27. The van der Waals surface area contributed by atoms with Crippen molar-refractivity contribution in [2.75, 3.05) is 13.6 Å². The summed E-state index contributed by atoms with van der Waals surface area (Å²) in [5, 5.41) is 0. The largest absolute Gasteiger partial charge is 0.344 e. The molecule has 0 spiro atoms. The highest BCUT2D eigenvalue weighted by Crippen LogP contribution is 2.00. The number of amides is 1. The van der Waals surface area contributed by atoms with Crippen LogP contribution in [0, 0.1) is 0 Å². The Bertz CT molecular complexity index is 180. The Balaban J connectivity index is 3.79. The molecule has 1 atom stereocenters. The minimum atomic E-state index is -0.417. The summed E-state index contributed by atoms with van der Waals surface area (Å²) in [6.45, 7) is 6.51. The highest BCUT2D eigenvalue weighted by molar-refractivity contribution is 5.81. The van der Waals surface area contributed by atoms with Crippen LogP contribution in [0.15, 0.2) is 12.7 Å². The van der Waals surface area contributed by atoms with Crippen LogP contribution in [0.2, 0.25) is 0 Å². The molecule has 0 saturated carbocycles. The molecule has 0 aromatic carbocycles. The molecule has 0 saturated heterocycles. The van der Waals surface area contributed by atoms with Gasteiger partial charge in [0.25, 0.3) is 0 Å². The van der Waals surface area contributed by atoms with Gasteiger partial charge in [0.15, 0.2) is 0 Å². The van der Waals surface area contributed by atoms with E-state index in [0.717, 1.165) is 19.4 Å². The average Bonchev–Trinajstić information content (AvgIpc) is 2.17. The van der Waals surface area contributed by atoms with E-state index in [1.165, 1.54) is 6.42 Å². The normalized spacial score (nSPS) is 12.2. The van der Waals surface area contributed by atoms with E-state index in [0.29, 0.717) is 6.42 Å². The molecule has 14 heavy (non-hydrogen) atoms. The van der Waals surface area contributed by atoms with E-state index in [4.69, 9.17) is 5.73 Å². The van der Waals surface area contributed by atoms with Gasteiger partial charge in [0.1, 0.15) is 0 Å². The van der Waals surface area contributed by atoms with Crippen LogP contribution in [0.5, 0.6) is 0 Å². The number of carbonyl (C=O) groups excluding carboxylic acids is 1. The van der Waals surface area contributed by atoms with Gasteiger partial charge in [-0.3, -0.25) is 4.79 Å². The summed E-state index contributed by atoms with van der Waals surface area (Å²) in [4.78, 5) is 13.3. The number of nitrogens with zero attached hydrogens (tertiary/aromatic N) is 1. The fourth-order valence-corrected chi connectivity index (χ4v) is 1.27. The van der Waals surface area contributed by atoms with E-state index in [1.807, 2.05) is 0 Å². The van der Waals surface area contributed by atoms with Gasteiger partial charge >= 0.3 is 0 Å². The summed E-state index contributed by atoms with van der Waals surface area (Å²) < 4.78 is 0. The number of carbonyl (C=O) groups is 1. The minimum Gasteiger partial charge on any atom is -0.344 e. The molecule has 0 aliphatic heterocycles. The van der Waals surface area contributed by atoms with E-state index in [1.54, 1.807) is 18.0 Å². The van der Waals surface area contributed by atoms with Gasteiger partial charge in [0, 0.05) is 13.6 Å². The Morgan fingerprint density at radius 2 is 2.21 bits per heavy atom. The van der Waals surface area contributed by atoms with E-state index in [2.05, 4.69) is 13.5 Å². The van der Waals surface area contributed by atoms with Crippen LogP contribution in [0.3, 0.4) is 0 Å². The molecule has 0 bridgehead atoms. The van der Waals surface area contributed by atoms with Crippen molar-refractivity contribution < 1.29 is 4.79 Å². The highest BCUT2D eigenvalue weighted by atomic mass is 16.2. The lowest BCUT2D eigenvalue weighted by molar-refractivity contribution is -0.131. The van der Waals surface area contributed by atoms with Gasteiger partial charge < -0.3 is 10.6 Å². The van der Waals surface area contributed by atoms with Crippen molar-refractivity contribution in [1.82, 2.24) is 4.90 Å². The highest BCUT2D eigenvalue weighted by Gasteiger charge is 2.15. The fraction of sp³-hybridized carbons (Fsp3) is 0.727. The maximum absolute atomic E-state index is 11.6. The third-order valence-corrected chi connectivity index (χ3v) is 2.21. The van der Waals surface area contributed by atoms with Crippen molar-refractivity contribution in [2.45, 2.75) is 38.6 Å². The smallest absolute Gasteiger partial charge is 0.239 e. The van der Waals surface area contributed by atoms with Crippen LogP contribution in [0.4, 0.5) is 0 Å². The minimum absolute atomic E-state index is 0.0148. The molecule has 0 radical (unpaired) electrons. The molecule has 1 unspecified atom stereocenters. The van der Waals surface area contributed by atoms with Crippen LogP contribution in [-0.4, -0.2) is 30.4 Å². The lowest BCUT2D eigenvalue weighted by Gasteiger charge is -2.20. The molecule has 0 rings (SSSR count). The second kappa shape index (κ2) is 7.56. The Morgan fingerprint density at radius 1 is 1.57 bits per heavy atom. The lowest BCUT2D eigenvalue weighted by atomic mass is 10.2. The molecule has 0 aromatic heterocycles. The van der Waals surface area contributed by atoms with Crippen molar-refractivity contribution in [3.63, 3.8) is 0 Å². The van der Waals surface area contributed by atoms with Crippen molar-refractivity contribution >= 4 is 5.91 Å². The Kier molecular flexibility index (Phi) is 7.11. The van der Waals surface area contributed by atoms with Gasteiger partial charge in [0.2, 0.25) is 5.91 Å². The zero-order valence-electron chi connectivity index (χ0n) is 9.33. The first-order valence-electron chi connectivity index (χ1n) is 5.25. The van der Waals surface area contributed by atoms with Crippen LogP contribution >= 0.6 is 0 Å². The summed E-state index contributed by atoms with van der Waals surface area (Å²) in [6, 6.07) is -0.417. The van der Waals surface area contributed by atoms with Crippen molar-refractivity contribution in [3.05, 3.63) is 12.7 Å². The number of hydrogen-bond donors (Lipinski definition) is 1. The topological polar surface area (TPSA) is 46.3 Å². The second-order valence-electron chi connectivity index (χ2n) is 3.60. The summed E-state index contributed by atoms with van der Waals surface area (Å²) in [5.74, 6) is 0.0148. The zero-order valence-corrected chi connectivity index (χ0v) is 9.33. The molecule has 0 aliphatic rings. The molecule has 3 nitrogen and oxygen atoms in total. The predicted octanol–water partition coefficient (Wildman–Crippen LogP) is 1.54. The Hall–Kier alpha value is -0.830. The first-order chi connectivity index (χ1) is 6.63. The maximum Gasteiger partial charge on any atom is 0.239 e. The molecule has 3 heteroatoms. The summed E-state index contributed by atoms with van der Waals surface area (Å²) in [7, 11) is 1.81. The SMILES string of the molecule is C=CCC(N)C(=O)N(C)CCCCC. The van der Waals surface area contributed by atoms with E-state index in [9.17, 15) is 4.79 Å². The number of likely N-dealkylation sites (N-methyl/N-ethyl adjacent to an activating group) is 1. The number of hydrogen-bond acceptors (Lipinski definition) is 2. The lowest BCUT2D eigenvalue weighted by Crippen LogP contribution is -2.41. The van der Waals surface area contributed by atoms with Crippen molar-refractivity contribution in [2.24, 2.45) is 5.73 Å². The first kappa shape index (κ1) is 13.2. The summed E-state index contributed by atoms with van der Waals surface area (Å²) >= 11 is 0. The van der Waals surface area contributed by atoms with Crippen LogP contribution in [0.25, 0.3) is 0 Å². The van der Waals surface area contributed by atoms with Crippen molar-refractivity contribution in [3.8, 4) is 0 Å². The molecule has 82 valence electrons. The van der Waals surface area contributed by atoms with Crippen LogP contribution in [0.1, 0.15) is 32.6 Å². The zero-order chi connectivity index (χ0) is 11.0. The van der Waals surface area contributed by atoms with Gasteiger partial charge in [0.05, 0.1) is 6.04 Å². The van der Waals surface area contributed by atoms with Gasteiger partial charge in [-0.15, -0.1) is 6.58 Å².